The zero-order valence-corrected chi connectivity index (χ0v) is 14.1. The highest BCUT2D eigenvalue weighted by Gasteiger charge is 2.32. The lowest BCUT2D eigenvalue weighted by atomic mass is 10.1. The quantitative estimate of drug-likeness (QED) is 0.660. The van der Waals surface area contributed by atoms with Crippen LogP contribution in [-0.2, 0) is 6.18 Å². The van der Waals surface area contributed by atoms with E-state index in [1.807, 2.05) is 19.1 Å². The first-order valence-corrected chi connectivity index (χ1v) is 8.16. The van der Waals surface area contributed by atoms with Crippen molar-refractivity contribution in [3.05, 3.63) is 57.3 Å². The summed E-state index contributed by atoms with van der Waals surface area (Å²) in [6.07, 6.45) is -4.06. The van der Waals surface area contributed by atoms with Crippen LogP contribution in [-0.4, -0.2) is 17.4 Å². The Kier molecular flexibility index (Phi) is 4.64. The molecule has 0 saturated heterocycles. The number of rotatable bonds is 4. The molecule has 0 fully saturated rings. The number of nitrogens with zero attached hydrogens (tertiary/aromatic N) is 1. The number of nitrogens with one attached hydrogen (secondary N) is 1. The Morgan fingerprint density at radius 2 is 1.96 bits per heavy atom. The maximum absolute atomic E-state index is 12.6. The third-order valence-corrected chi connectivity index (χ3v) is 4.48. The molecular formula is C17H11F3N2O3S. The van der Waals surface area contributed by atoms with E-state index < -0.39 is 17.6 Å². The number of halogens is 3. The number of thiophene rings is 1. The summed E-state index contributed by atoms with van der Waals surface area (Å²) in [5.74, 6) is -1.04. The van der Waals surface area contributed by atoms with Crippen molar-refractivity contribution in [2.75, 3.05) is 5.32 Å². The lowest BCUT2D eigenvalue weighted by molar-refractivity contribution is -0.137. The highest BCUT2D eigenvalue weighted by Crippen LogP contribution is 2.33. The van der Waals surface area contributed by atoms with Gasteiger partial charge in [0.1, 0.15) is 11.3 Å². The summed E-state index contributed by atoms with van der Waals surface area (Å²) in [4.78, 5) is 23.4. The van der Waals surface area contributed by atoms with Crippen molar-refractivity contribution >= 4 is 29.4 Å². The van der Waals surface area contributed by atoms with Crippen LogP contribution in [0.5, 0.6) is 0 Å². The molecule has 134 valence electrons. The molecule has 1 N–H and O–H groups in total. The number of hydrogen-bond acceptors (Lipinski definition) is 5. The molecule has 0 spiro atoms. The van der Waals surface area contributed by atoms with E-state index in [-0.39, 0.29) is 22.0 Å². The van der Waals surface area contributed by atoms with Gasteiger partial charge in [-0.15, -0.1) is 11.3 Å². The van der Waals surface area contributed by atoms with Crippen LogP contribution in [0, 0.1) is 6.92 Å². The molecule has 3 aromatic rings. The van der Waals surface area contributed by atoms with E-state index in [0.717, 1.165) is 17.0 Å². The predicted octanol–water partition coefficient (Wildman–Crippen LogP) is 4.80. The minimum absolute atomic E-state index is 0.00908. The fourth-order valence-electron chi connectivity index (χ4n) is 2.18. The average Bonchev–Trinajstić information content (AvgIpc) is 3.22. The highest BCUT2D eigenvalue weighted by atomic mass is 32.1. The number of amides is 1. The van der Waals surface area contributed by atoms with Crippen molar-refractivity contribution < 1.29 is 27.3 Å². The molecule has 1 aromatic carbocycles. The third-order valence-electron chi connectivity index (χ3n) is 3.55. The van der Waals surface area contributed by atoms with E-state index in [4.69, 9.17) is 4.52 Å². The second-order valence-electron chi connectivity index (χ2n) is 5.41. The molecule has 0 radical (unpaired) electrons. The second-order valence-corrected chi connectivity index (χ2v) is 6.32. The smallest absolute Gasteiger partial charge is 0.337 e. The zero-order chi connectivity index (χ0) is 18.9. The molecule has 3 rings (SSSR count). The van der Waals surface area contributed by atoms with Gasteiger partial charge in [-0.25, -0.2) is 0 Å². The molecule has 5 nitrogen and oxygen atoms in total. The van der Waals surface area contributed by atoms with E-state index >= 15 is 0 Å². The monoisotopic (exact) mass is 380 g/mol. The van der Waals surface area contributed by atoms with Crippen LogP contribution in [0.3, 0.4) is 0 Å². The number of alkyl halides is 3. The van der Waals surface area contributed by atoms with Gasteiger partial charge in [-0.2, -0.15) is 13.2 Å². The Labute approximate surface area is 149 Å². The van der Waals surface area contributed by atoms with Crippen molar-refractivity contribution in [1.82, 2.24) is 5.16 Å². The van der Waals surface area contributed by atoms with E-state index in [0.29, 0.717) is 23.2 Å². The van der Waals surface area contributed by atoms with Crippen LogP contribution < -0.4 is 5.32 Å². The molecule has 2 heterocycles. The van der Waals surface area contributed by atoms with Crippen LogP contribution in [0.15, 0.2) is 40.2 Å². The summed E-state index contributed by atoms with van der Waals surface area (Å²) in [6, 6.07) is 7.85. The molecule has 0 aliphatic heterocycles. The standard InChI is InChI=1S/C17H11F3N2O3S/c1-9-2-4-10(5-3-9)14-12(7-23)16(25-22-14)21-15(24)13-6-11(8-26-13)17(18,19)20/h2-8H,1H3,(H,21,24). The zero-order valence-electron chi connectivity index (χ0n) is 13.3. The first-order valence-electron chi connectivity index (χ1n) is 7.28. The highest BCUT2D eigenvalue weighted by molar-refractivity contribution is 7.12. The molecule has 1 amide bonds. The van der Waals surface area contributed by atoms with Gasteiger partial charge in [0.25, 0.3) is 5.91 Å². The Balaban J connectivity index is 1.86. The third kappa shape index (κ3) is 3.52. The molecule has 0 atom stereocenters. The molecule has 0 aliphatic carbocycles. The maximum atomic E-state index is 12.6. The molecule has 9 heteroatoms. The lowest BCUT2D eigenvalue weighted by Crippen LogP contribution is -2.11. The van der Waals surface area contributed by atoms with E-state index in [2.05, 4.69) is 10.5 Å². The second kappa shape index (κ2) is 6.75. The van der Waals surface area contributed by atoms with Crippen LogP contribution in [0.2, 0.25) is 0 Å². The number of aldehydes is 1. The summed E-state index contributed by atoms with van der Waals surface area (Å²) in [5, 5.41) is 6.91. The van der Waals surface area contributed by atoms with Crippen molar-refractivity contribution in [2.45, 2.75) is 13.1 Å². The molecule has 2 aromatic heterocycles. The molecule has 0 bridgehead atoms. The number of benzene rings is 1. The summed E-state index contributed by atoms with van der Waals surface area (Å²) >= 11 is 0.640. The van der Waals surface area contributed by atoms with Gasteiger partial charge >= 0.3 is 6.18 Å². The van der Waals surface area contributed by atoms with Gasteiger partial charge in [-0.1, -0.05) is 35.0 Å². The number of hydrogen-bond donors (Lipinski definition) is 1. The van der Waals surface area contributed by atoms with E-state index in [1.165, 1.54) is 0 Å². The largest absolute Gasteiger partial charge is 0.417 e. The number of aryl methyl sites for hydroxylation is 1. The van der Waals surface area contributed by atoms with Gasteiger partial charge in [-0.3, -0.25) is 14.9 Å². The van der Waals surface area contributed by atoms with Crippen molar-refractivity contribution in [3.8, 4) is 11.3 Å². The first kappa shape index (κ1) is 17.9. The normalized spacial score (nSPS) is 11.4. The van der Waals surface area contributed by atoms with Gasteiger partial charge in [0.2, 0.25) is 5.88 Å². The van der Waals surface area contributed by atoms with Crippen molar-refractivity contribution in [3.63, 3.8) is 0 Å². The molecule has 0 unspecified atom stereocenters. The predicted molar refractivity (Wildman–Crippen MR) is 89.3 cm³/mol. The summed E-state index contributed by atoms with van der Waals surface area (Å²) in [6.45, 7) is 1.90. The van der Waals surface area contributed by atoms with Gasteiger partial charge in [-0.05, 0) is 13.0 Å². The summed E-state index contributed by atoms with van der Waals surface area (Å²) in [7, 11) is 0. The molecule has 26 heavy (non-hydrogen) atoms. The van der Waals surface area contributed by atoms with Crippen molar-refractivity contribution in [2.24, 2.45) is 0 Å². The minimum atomic E-state index is -4.53. The molecule has 0 aliphatic rings. The Hall–Kier alpha value is -2.94. The van der Waals surface area contributed by atoms with Crippen LogP contribution in [0.25, 0.3) is 11.3 Å². The van der Waals surface area contributed by atoms with Crippen LogP contribution >= 0.6 is 11.3 Å². The fourth-order valence-corrected chi connectivity index (χ4v) is 2.99. The Bertz CT molecular complexity index is 959. The van der Waals surface area contributed by atoms with E-state index in [1.54, 1.807) is 12.1 Å². The molecule has 0 saturated carbocycles. The number of carbonyl (C=O) groups excluding carboxylic acids is 2. The summed E-state index contributed by atoms with van der Waals surface area (Å²) in [5.41, 5.74) is 0.947. The topological polar surface area (TPSA) is 72.2 Å². The SMILES string of the molecule is Cc1ccc(-c2noc(NC(=O)c3cc(C(F)(F)F)cs3)c2C=O)cc1. The van der Waals surface area contributed by atoms with Gasteiger partial charge in [0.05, 0.1) is 10.4 Å². The molecular weight excluding hydrogens is 369 g/mol. The average molecular weight is 380 g/mol. The van der Waals surface area contributed by atoms with Gasteiger partial charge in [0.15, 0.2) is 6.29 Å². The Morgan fingerprint density at radius 3 is 2.54 bits per heavy atom. The number of carbonyl (C=O) groups is 2. The van der Waals surface area contributed by atoms with Gasteiger partial charge in [0, 0.05) is 10.9 Å². The van der Waals surface area contributed by atoms with Crippen molar-refractivity contribution in [1.29, 1.82) is 0 Å². The summed E-state index contributed by atoms with van der Waals surface area (Å²) < 4.78 is 42.9. The first-order chi connectivity index (χ1) is 12.3. The Morgan fingerprint density at radius 1 is 1.27 bits per heavy atom. The van der Waals surface area contributed by atoms with Crippen LogP contribution in [0.1, 0.15) is 31.2 Å². The number of aromatic nitrogens is 1. The van der Waals surface area contributed by atoms with Crippen LogP contribution in [0.4, 0.5) is 19.1 Å². The van der Waals surface area contributed by atoms with E-state index in [9.17, 15) is 22.8 Å². The number of anilines is 1. The maximum Gasteiger partial charge on any atom is 0.417 e. The lowest BCUT2D eigenvalue weighted by Gasteiger charge is -2.02. The minimum Gasteiger partial charge on any atom is -0.337 e. The van der Waals surface area contributed by atoms with Gasteiger partial charge < -0.3 is 4.52 Å². The fraction of sp³-hybridized carbons (Fsp3) is 0.118.